The highest BCUT2D eigenvalue weighted by atomic mass is 35.5. The van der Waals surface area contributed by atoms with Gasteiger partial charge in [-0.2, -0.15) is 0 Å². The minimum atomic E-state index is -0.270. The number of halogens is 1. The first-order valence-corrected chi connectivity index (χ1v) is 10.2. The van der Waals surface area contributed by atoms with Crippen molar-refractivity contribution in [2.75, 3.05) is 11.4 Å². The smallest absolute Gasteiger partial charge is 0.267 e. The summed E-state index contributed by atoms with van der Waals surface area (Å²) in [7, 11) is 0. The van der Waals surface area contributed by atoms with E-state index in [4.69, 9.17) is 23.8 Å². The molecular formula is C21H15ClN2O2S2. The molecule has 7 heteroatoms. The molecule has 0 spiro atoms. The van der Waals surface area contributed by atoms with E-state index in [2.05, 4.69) is 6.58 Å². The highest BCUT2D eigenvalue weighted by Gasteiger charge is 2.41. The van der Waals surface area contributed by atoms with Crippen LogP contribution in [0.25, 0.3) is 5.57 Å². The lowest BCUT2D eigenvalue weighted by molar-refractivity contribution is -0.122. The van der Waals surface area contributed by atoms with Gasteiger partial charge in [-0.25, -0.2) is 0 Å². The predicted octanol–water partition coefficient (Wildman–Crippen LogP) is 4.64. The second-order valence-electron chi connectivity index (χ2n) is 6.28. The standard InChI is InChI=1S/C21H15ClN2O2S2/c1-2-11-23-16-10-6-4-8-14(16)17(19(23)25)18-20(26)24(21(27)28-18)12-13-7-3-5-9-15(13)22/h2-10H,1,11-12H2/b18-17+. The van der Waals surface area contributed by atoms with Gasteiger partial charge >= 0.3 is 0 Å². The molecule has 2 aromatic rings. The molecular weight excluding hydrogens is 412 g/mol. The number of thiocarbonyl (C=S) groups is 1. The number of rotatable bonds is 4. The summed E-state index contributed by atoms with van der Waals surface area (Å²) in [5.41, 5.74) is 2.72. The molecule has 0 bridgehead atoms. The van der Waals surface area contributed by atoms with Crippen molar-refractivity contribution in [3.8, 4) is 0 Å². The number of para-hydroxylation sites is 1. The Balaban J connectivity index is 1.75. The fraction of sp³-hybridized carbons (Fsp3) is 0.0952. The molecule has 0 radical (unpaired) electrons. The lowest BCUT2D eigenvalue weighted by Crippen LogP contribution is -2.29. The average Bonchev–Trinajstić information content (AvgIpc) is 3.12. The van der Waals surface area contributed by atoms with Gasteiger partial charge in [-0.3, -0.25) is 14.5 Å². The van der Waals surface area contributed by atoms with Crippen molar-refractivity contribution in [3.63, 3.8) is 0 Å². The summed E-state index contributed by atoms with van der Waals surface area (Å²) in [5, 5.41) is 0.573. The molecule has 4 rings (SSSR count). The number of nitrogens with zero attached hydrogens (tertiary/aromatic N) is 2. The Labute approximate surface area is 177 Å². The predicted molar refractivity (Wildman–Crippen MR) is 118 cm³/mol. The number of carbonyl (C=O) groups is 2. The van der Waals surface area contributed by atoms with E-state index in [0.29, 0.717) is 26.4 Å². The molecule has 2 aliphatic heterocycles. The fourth-order valence-electron chi connectivity index (χ4n) is 3.29. The Morgan fingerprint density at radius 2 is 1.75 bits per heavy atom. The molecule has 2 aliphatic rings. The van der Waals surface area contributed by atoms with E-state index in [1.165, 1.54) is 4.90 Å². The summed E-state index contributed by atoms with van der Waals surface area (Å²) >= 11 is 12.8. The summed E-state index contributed by atoms with van der Waals surface area (Å²) in [6.45, 7) is 4.37. The van der Waals surface area contributed by atoms with Crippen molar-refractivity contribution in [3.05, 3.63) is 82.2 Å². The third-order valence-electron chi connectivity index (χ3n) is 4.60. The van der Waals surface area contributed by atoms with Crippen molar-refractivity contribution in [2.24, 2.45) is 0 Å². The van der Waals surface area contributed by atoms with Gasteiger partial charge in [0.05, 0.1) is 22.7 Å². The molecule has 2 heterocycles. The van der Waals surface area contributed by atoms with E-state index < -0.39 is 0 Å². The van der Waals surface area contributed by atoms with Crippen molar-refractivity contribution < 1.29 is 9.59 Å². The maximum absolute atomic E-state index is 13.2. The summed E-state index contributed by atoms with van der Waals surface area (Å²) in [6.07, 6.45) is 1.67. The van der Waals surface area contributed by atoms with Crippen LogP contribution in [0.1, 0.15) is 11.1 Å². The molecule has 2 amide bonds. The van der Waals surface area contributed by atoms with Crippen LogP contribution in [0.4, 0.5) is 5.69 Å². The van der Waals surface area contributed by atoms with Crippen molar-refractivity contribution in [1.82, 2.24) is 4.90 Å². The van der Waals surface area contributed by atoms with Gasteiger partial charge in [0.25, 0.3) is 11.8 Å². The first kappa shape index (κ1) is 18.9. The Bertz CT molecular complexity index is 1060. The normalized spacial score (nSPS) is 18.8. The Morgan fingerprint density at radius 3 is 2.50 bits per heavy atom. The van der Waals surface area contributed by atoms with Crippen LogP contribution in [0.3, 0.4) is 0 Å². The minimum Gasteiger partial charge on any atom is -0.304 e. The van der Waals surface area contributed by atoms with Gasteiger partial charge in [0, 0.05) is 17.1 Å². The second-order valence-corrected chi connectivity index (χ2v) is 8.33. The van der Waals surface area contributed by atoms with Crippen LogP contribution in [0.5, 0.6) is 0 Å². The number of hydrogen-bond donors (Lipinski definition) is 0. The zero-order valence-corrected chi connectivity index (χ0v) is 17.1. The number of anilines is 1. The quantitative estimate of drug-likeness (QED) is 0.405. The Kier molecular flexibility index (Phi) is 5.10. The zero-order valence-electron chi connectivity index (χ0n) is 14.7. The molecule has 2 aromatic carbocycles. The van der Waals surface area contributed by atoms with Crippen LogP contribution in [0.2, 0.25) is 5.02 Å². The maximum Gasteiger partial charge on any atom is 0.267 e. The minimum absolute atomic E-state index is 0.209. The van der Waals surface area contributed by atoms with Crippen LogP contribution in [0.15, 0.2) is 66.1 Å². The van der Waals surface area contributed by atoms with Crippen LogP contribution in [-0.4, -0.2) is 27.6 Å². The molecule has 0 N–H and O–H groups in total. The summed E-state index contributed by atoms with van der Waals surface area (Å²) in [5.74, 6) is -0.479. The van der Waals surface area contributed by atoms with Gasteiger partial charge in [-0.1, -0.05) is 78.1 Å². The van der Waals surface area contributed by atoms with Crippen molar-refractivity contribution in [2.45, 2.75) is 6.54 Å². The van der Waals surface area contributed by atoms with E-state index in [1.807, 2.05) is 42.5 Å². The number of amides is 2. The highest BCUT2D eigenvalue weighted by molar-refractivity contribution is 8.26. The highest BCUT2D eigenvalue weighted by Crippen LogP contribution is 2.44. The number of carbonyl (C=O) groups excluding carboxylic acids is 2. The number of benzene rings is 2. The van der Waals surface area contributed by atoms with E-state index in [-0.39, 0.29) is 18.4 Å². The molecule has 0 unspecified atom stereocenters. The van der Waals surface area contributed by atoms with Gasteiger partial charge in [0.2, 0.25) is 0 Å². The molecule has 0 aromatic heterocycles. The van der Waals surface area contributed by atoms with E-state index >= 15 is 0 Å². The Morgan fingerprint density at radius 1 is 1.04 bits per heavy atom. The first-order chi connectivity index (χ1) is 13.5. The third kappa shape index (κ3) is 3.07. The summed E-state index contributed by atoms with van der Waals surface area (Å²) in [6, 6.07) is 14.8. The van der Waals surface area contributed by atoms with Crippen LogP contribution < -0.4 is 4.90 Å². The molecule has 1 fully saturated rings. The molecule has 0 atom stereocenters. The SMILES string of the molecule is C=CCN1C(=O)/C(=C2/SC(=S)N(Cc3ccccc3Cl)C2=O)c2ccccc21. The van der Waals surface area contributed by atoms with Crippen LogP contribution in [-0.2, 0) is 16.1 Å². The lowest BCUT2D eigenvalue weighted by atomic mass is 10.1. The second kappa shape index (κ2) is 7.54. The number of thioether (sulfide) groups is 1. The topological polar surface area (TPSA) is 40.6 Å². The van der Waals surface area contributed by atoms with Crippen molar-refractivity contribution in [1.29, 1.82) is 0 Å². The van der Waals surface area contributed by atoms with Gasteiger partial charge in [-0.05, 0) is 17.7 Å². The first-order valence-electron chi connectivity index (χ1n) is 8.56. The zero-order chi connectivity index (χ0) is 19.8. The van der Waals surface area contributed by atoms with E-state index in [9.17, 15) is 9.59 Å². The molecule has 0 aliphatic carbocycles. The number of hydrogen-bond acceptors (Lipinski definition) is 4. The molecule has 4 nitrogen and oxygen atoms in total. The lowest BCUT2D eigenvalue weighted by Gasteiger charge is -2.15. The maximum atomic E-state index is 13.2. The molecule has 0 saturated carbocycles. The average molecular weight is 427 g/mol. The largest absolute Gasteiger partial charge is 0.304 e. The van der Waals surface area contributed by atoms with Crippen molar-refractivity contribution >= 4 is 63.0 Å². The van der Waals surface area contributed by atoms with Crippen LogP contribution in [0, 0.1) is 0 Å². The Hall–Kier alpha value is -2.41. The summed E-state index contributed by atoms with van der Waals surface area (Å²) < 4.78 is 0.417. The number of fused-ring (bicyclic) bond motifs is 1. The van der Waals surface area contributed by atoms with Crippen LogP contribution >= 0.6 is 35.6 Å². The fourth-order valence-corrected chi connectivity index (χ4v) is 4.81. The van der Waals surface area contributed by atoms with Gasteiger partial charge < -0.3 is 4.90 Å². The summed E-state index contributed by atoms with van der Waals surface area (Å²) in [4.78, 5) is 29.7. The van der Waals surface area contributed by atoms with E-state index in [0.717, 1.165) is 28.6 Å². The third-order valence-corrected chi connectivity index (χ3v) is 6.41. The van der Waals surface area contributed by atoms with E-state index in [1.54, 1.807) is 17.0 Å². The van der Waals surface area contributed by atoms with Gasteiger partial charge in [-0.15, -0.1) is 6.58 Å². The van der Waals surface area contributed by atoms with Gasteiger partial charge in [0.1, 0.15) is 4.32 Å². The molecule has 28 heavy (non-hydrogen) atoms. The monoisotopic (exact) mass is 426 g/mol. The molecule has 140 valence electrons. The van der Waals surface area contributed by atoms with Gasteiger partial charge in [0.15, 0.2) is 0 Å². The molecule has 1 saturated heterocycles.